The molecule has 1 heterocycles. The molecule has 0 aliphatic heterocycles. The normalized spacial score (nSPS) is 16.5. The van der Waals surface area contributed by atoms with Gasteiger partial charge in [0.25, 0.3) is 0 Å². The zero-order chi connectivity index (χ0) is 18.9. The van der Waals surface area contributed by atoms with Crippen LogP contribution >= 0.6 is 0 Å². The van der Waals surface area contributed by atoms with Crippen LogP contribution in [-0.4, -0.2) is 22.1 Å². The lowest BCUT2D eigenvalue weighted by Crippen LogP contribution is -2.12. The van der Waals surface area contributed by atoms with Crippen molar-refractivity contribution in [3.63, 3.8) is 0 Å². The van der Waals surface area contributed by atoms with Gasteiger partial charge < -0.3 is 4.74 Å². The Labute approximate surface area is 164 Å². The molecule has 3 aromatic carbocycles. The molecule has 4 aromatic rings. The van der Waals surface area contributed by atoms with Crippen LogP contribution in [0.3, 0.4) is 0 Å². The summed E-state index contributed by atoms with van der Waals surface area (Å²) in [5.41, 5.74) is 4.84. The van der Waals surface area contributed by atoms with Crippen molar-refractivity contribution >= 4 is 10.8 Å². The van der Waals surface area contributed by atoms with Crippen LogP contribution in [0.15, 0.2) is 66.9 Å². The van der Waals surface area contributed by atoms with E-state index >= 15 is 0 Å². The molecule has 0 bridgehead atoms. The Morgan fingerprint density at radius 1 is 0.964 bits per heavy atom. The molecule has 0 spiro atoms. The zero-order valence-corrected chi connectivity index (χ0v) is 16.0. The van der Waals surface area contributed by atoms with Crippen molar-refractivity contribution in [2.75, 3.05) is 7.11 Å². The largest absolute Gasteiger partial charge is 0.497 e. The molecule has 4 nitrogen and oxygen atoms in total. The highest BCUT2D eigenvalue weighted by Crippen LogP contribution is 2.32. The van der Waals surface area contributed by atoms with Gasteiger partial charge in [-0.2, -0.15) is 0 Å². The highest BCUT2D eigenvalue weighted by molar-refractivity contribution is 5.87. The third kappa shape index (κ3) is 3.05. The minimum atomic E-state index is 0.268. The Kier molecular flexibility index (Phi) is 4.32. The summed E-state index contributed by atoms with van der Waals surface area (Å²) in [6, 6.07) is 21.6. The molecule has 1 unspecified atom stereocenters. The number of methoxy groups -OCH3 is 1. The standard InChI is InChI=1S/C24H23N3O/c1-28-21-13-12-18-14-20(11-10-19(18)15-21)23-16-27(26-25-23)24-9-5-3-7-17-6-2-4-8-22(17)24/h2,4,6,8,10-16,24H,3,5,7,9H2,1H3. The Balaban J connectivity index is 1.50. The fourth-order valence-electron chi connectivity index (χ4n) is 4.24. The van der Waals surface area contributed by atoms with Crippen LogP contribution in [0.4, 0.5) is 0 Å². The van der Waals surface area contributed by atoms with Gasteiger partial charge in [0, 0.05) is 5.56 Å². The van der Waals surface area contributed by atoms with Crippen LogP contribution in [-0.2, 0) is 6.42 Å². The van der Waals surface area contributed by atoms with Gasteiger partial charge in [-0.3, -0.25) is 0 Å². The van der Waals surface area contributed by atoms with Crippen molar-refractivity contribution in [2.45, 2.75) is 31.7 Å². The van der Waals surface area contributed by atoms with E-state index in [4.69, 9.17) is 4.74 Å². The Hall–Kier alpha value is -3.14. The van der Waals surface area contributed by atoms with E-state index in [0.29, 0.717) is 0 Å². The summed E-state index contributed by atoms with van der Waals surface area (Å²) < 4.78 is 7.37. The first-order valence-electron chi connectivity index (χ1n) is 9.89. The van der Waals surface area contributed by atoms with Crippen LogP contribution < -0.4 is 4.74 Å². The minimum Gasteiger partial charge on any atom is -0.497 e. The predicted molar refractivity (Wildman–Crippen MR) is 112 cm³/mol. The van der Waals surface area contributed by atoms with Crippen molar-refractivity contribution in [2.24, 2.45) is 0 Å². The lowest BCUT2D eigenvalue weighted by atomic mass is 9.99. The van der Waals surface area contributed by atoms with E-state index in [1.807, 2.05) is 6.07 Å². The second-order valence-corrected chi connectivity index (χ2v) is 7.47. The minimum absolute atomic E-state index is 0.268. The average molecular weight is 369 g/mol. The summed E-state index contributed by atoms with van der Waals surface area (Å²) in [4.78, 5) is 0. The third-order valence-corrected chi connectivity index (χ3v) is 5.76. The number of aryl methyl sites for hydroxylation is 1. The van der Waals surface area contributed by atoms with Gasteiger partial charge >= 0.3 is 0 Å². The highest BCUT2D eigenvalue weighted by Gasteiger charge is 2.21. The smallest absolute Gasteiger partial charge is 0.119 e. The number of hydrogen-bond acceptors (Lipinski definition) is 3. The maximum Gasteiger partial charge on any atom is 0.119 e. The molecule has 4 heteroatoms. The number of rotatable bonds is 3. The van der Waals surface area contributed by atoms with E-state index in [1.54, 1.807) is 7.11 Å². The van der Waals surface area contributed by atoms with E-state index in [9.17, 15) is 0 Å². The van der Waals surface area contributed by atoms with Crippen molar-refractivity contribution in [3.05, 3.63) is 78.0 Å². The van der Waals surface area contributed by atoms with Crippen LogP contribution in [0.25, 0.3) is 22.0 Å². The number of aromatic nitrogens is 3. The number of hydrogen-bond donors (Lipinski definition) is 0. The molecule has 1 aliphatic rings. The van der Waals surface area contributed by atoms with Gasteiger partial charge in [0.05, 0.1) is 19.3 Å². The lowest BCUT2D eigenvalue weighted by Gasteiger charge is -2.17. The molecule has 0 fully saturated rings. The van der Waals surface area contributed by atoms with Crippen LogP contribution in [0.2, 0.25) is 0 Å². The fraction of sp³-hybridized carbons (Fsp3) is 0.250. The van der Waals surface area contributed by atoms with Gasteiger partial charge in [0.1, 0.15) is 11.4 Å². The zero-order valence-electron chi connectivity index (χ0n) is 16.0. The number of benzene rings is 3. The molecule has 1 aromatic heterocycles. The Bertz CT molecular complexity index is 1130. The molecule has 1 aliphatic carbocycles. The number of fused-ring (bicyclic) bond motifs is 2. The van der Waals surface area contributed by atoms with Gasteiger partial charge in [0.2, 0.25) is 0 Å². The third-order valence-electron chi connectivity index (χ3n) is 5.76. The van der Waals surface area contributed by atoms with E-state index in [0.717, 1.165) is 35.2 Å². The van der Waals surface area contributed by atoms with Gasteiger partial charge in [-0.05, 0) is 59.4 Å². The highest BCUT2D eigenvalue weighted by atomic mass is 16.5. The van der Waals surface area contributed by atoms with Crippen LogP contribution in [0, 0.1) is 0 Å². The molecular formula is C24H23N3O. The molecule has 0 amide bonds. The summed E-state index contributed by atoms with van der Waals surface area (Å²) in [6.07, 6.45) is 6.81. The molecule has 28 heavy (non-hydrogen) atoms. The number of ether oxygens (including phenoxy) is 1. The first-order chi connectivity index (χ1) is 13.8. The van der Waals surface area contributed by atoms with E-state index < -0.39 is 0 Å². The van der Waals surface area contributed by atoms with Crippen molar-refractivity contribution in [3.8, 4) is 17.0 Å². The van der Waals surface area contributed by atoms with Gasteiger partial charge in [0.15, 0.2) is 0 Å². The predicted octanol–water partition coefficient (Wildman–Crippen LogP) is 5.42. The van der Waals surface area contributed by atoms with E-state index in [-0.39, 0.29) is 6.04 Å². The lowest BCUT2D eigenvalue weighted by molar-refractivity contribution is 0.415. The Morgan fingerprint density at radius 3 is 2.75 bits per heavy atom. The average Bonchev–Trinajstić information content (AvgIpc) is 3.13. The van der Waals surface area contributed by atoms with Crippen molar-refractivity contribution < 1.29 is 4.74 Å². The monoisotopic (exact) mass is 369 g/mol. The topological polar surface area (TPSA) is 39.9 Å². The second kappa shape index (κ2) is 7.12. The molecule has 5 rings (SSSR count). The fourth-order valence-corrected chi connectivity index (χ4v) is 4.24. The van der Waals surface area contributed by atoms with Crippen LogP contribution in [0.1, 0.15) is 36.4 Å². The van der Waals surface area contributed by atoms with Crippen LogP contribution in [0.5, 0.6) is 5.75 Å². The molecule has 140 valence electrons. The quantitative estimate of drug-likeness (QED) is 0.453. The van der Waals surface area contributed by atoms with E-state index in [1.165, 1.54) is 29.4 Å². The maximum atomic E-state index is 5.32. The molecule has 0 radical (unpaired) electrons. The summed E-state index contributed by atoms with van der Waals surface area (Å²) >= 11 is 0. The van der Waals surface area contributed by atoms with Gasteiger partial charge in [-0.25, -0.2) is 4.68 Å². The van der Waals surface area contributed by atoms with E-state index in [2.05, 4.69) is 75.8 Å². The Morgan fingerprint density at radius 2 is 1.82 bits per heavy atom. The first kappa shape index (κ1) is 17.0. The first-order valence-corrected chi connectivity index (χ1v) is 9.89. The molecule has 1 atom stereocenters. The summed E-state index contributed by atoms with van der Waals surface area (Å²) in [6.45, 7) is 0. The molecule has 0 saturated heterocycles. The molecular weight excluding hydrogens is 346 g/mol. The molecule has 0 saturated carbocycles. The summed E-state index contributed by atoms with van der Waals surface area (Å²) in [5.74, 6) is 0.873. The van der Waals surface area contributed by atoms with Gasteiger partial charge in [-0.15, -0.1) is 5.10 Å². The molecule has 0 N–H and O–H groups in total. The van der Waals surface area contributed by atoms with Crippen molar-refractivity contribution in [1.29, 1.82) is 0 Å². The van der Waals surface area contributed by atoms with Gasteiger partial charge in [-0.1, -0.05) is 54.1 Å². The number of nitrogens with zero attached hydrogens (tertiary/aromatic N) is 3. The summed E-state index contributed by atoms with van der Waals surface area (Å²) in [5, 5.41) is 11.3. The van der Waals surface area contributed by atoms with Crippen molar-refractivity contribution in [1.82, 2.24) is 15.0 Å². The summed E-state index contributed by atoms with van der Waals surface area (Å²) in [7, 11) is 1.69. The maximum absolute atomic E-state index is 5.32. The SMILES string of the molecule is COc1ccc2cc(-c3cn(C4CCCCc5ccccc54)nn3)ccc2c1. The second-order valence-electron chi connectivity index (χ2n) is 7.47.